The highest BCUT2D eigenvalue weighted by Gasteiger charge is 1.99. The third-order valence-electron chi connectivity index (χ3n) is 0.766. The van der Waals surface area contributed by atoms with Gasteiger partial charge in [-0.2, -0.15) is 0 Å². The van der Waals surface area contributed by atoms with Gasteiger partial charge in [-0.15, -0.1) is 0 Å². The molecule has 6 heavy (non-hydrogen) atoms. The lowest BCUT2D eigenvalue weighted by molar-refractivity contribution is 0.403. The Morgan fingerprint density at radius 2 is 2.50 bits per heavy atom. The van der Waals surface area contributed by atoms with E-state index in [0.29, 0.717) is 0 Å². The molecule has 0 radical (unpaired) electrons. The molecule has 36 valence electrons. The van der Waals surface area contributed by atoms with Crippen LogP contribution in [0.15, 0.2) is 0 Å². The third kappa shape index (κ3) is 0.820. The van der Waals surface area contributed by atoms with Gasteiger partial charge in [0.25, 0.3) is 0 Å². The summed E-state index contributed by atoms with van der Waals surface area (Å²) in [6.45, 7) is 0.937. The highest BCUT2D eigenvalue weighted by Crippen LogP contribution is 2.19. The van der Waals surface area contributed by atoms with Crippen LogP contribution in [0.2, 0.25) is 0 Å². The summed E-state index contributed by atoms with van der Waals surface area (Å²) < 4.78 is 5.07. The fourth-order valence-electron chi connectivity index (χ4n) is 0.456. The Balaban J connectivity index is 2.37. The maximum absolute atomic E-state index is 5.07. The zero-order valence-electron chi connectivity index (χ0n) is 3.64. The summed E-state index contributed by atoms with van der Waals surface area (Å²) in [5.74, 6) is 4.92. The van der Waals surface area contributed by atoms with Crippen LogP contribution in [0, 0.1) is 0 Å². The fourth-order valence-corrected chi connectivity index (χ4v) is 1.37. The van der Waals surface area contributed by atoms with Gasteiger partial charge in [0.05, 0.1) is 6.61 Å². The molecule has 0 saturated carbocycles. The van der Waals surface area contributed by atoms with Gasteiger partial charge in [0.15, 0.2) is 0 Å². The Morgan fingerprint density at radius 1 is 1.67 bits per heavy atom. The molecule has 1 aliphatic heterocycles. The monoisotopic (exact) mass is 104 g/mol. The van der Waals surface area contributed by atoms with Crippen molar-refractivity contribution < 1.29 is 4.18 Å². The Labute approximate surface area is 40.4 Å². The molecule has 1 saturated heterocycles. The predicted octanol–water partition coefficient (Wildman–Crippen LogP) is 1.02. The van der Waals surface area contributed by atoms with E-state index in [-0.39, 0.29) is 10.8 Å². The van der Waals surface area contributed by atoms with Crippen LogP contribution in [-0.4, -0.2) is 18.2 Å². The van der Waals surface area contributed by atoms with E-state index in [2.05, 4.69) is 5.87 Å². The van der Waals surface area contributed by atoms with Gasteiger partial charge < -0.3 is 4.18 Å². The molecule has 0 aromatic carbocycles. The quantitative estimate of drug-likeness (QED) is 0.417. The van der Waals surface area contributed by atoms with Gasteiger partial charge in [-0.05, 0) is 12.3 Å². The maximum Gasteiger partial charge on any atom is 0.0615 e. The van der Waals surface area contributed by atoms with E-state index in [1.807, 2.05) is 0 Å². The summed E-state index contributed by atoms with van der Waals surface area (Å²) in [5, 5.41) is 0. The molecule has 0 aromatic rings. The van der Waals surface area contributed by atoms with Crippen molar-refractivity contribution in [3.05, 3.63) is 0 Å². The van der Waals surface area contributed by atoms with E-state index in [1.165, 1.54) is 12.2 Å². The van der Waals surface area contributed by atoms with Gasteiger partial charge in [-0.25, -0.2) is 0 Å². The van der Waals surface area contributed by atoms with E-state index in [0.717, 1.165) is 6.61 Å². The van der Waals surface area contributed by atoms with Gasteiger partial charge in [0.1, 0.15) is 0 Å². The normalized spacial score (nSPS) is 34.3. The Morgan fingerprint density at radius 3 is 2.67 bits per heavy atom. The van der Waals surface area contributed by atoms with Crippen molar-refractivity contribution in [1.82, 2.24) is 0 Å². The lowest BCUT2D eigenvalue weighted by atomic mass is 10.5. The van der Waals surface area contributed by atoms with Gasteiger partial charge in [0.2, 0.25) is 0 Å². The minimum Gasteiger partial charge on any atom is -0.323 e. The molecule has 0 spiro atoms. The summed E-state index contributed by atoms with van der Waals surface area (Å²) in [6.07, 6.45) is 1.21. The molecule has 1 unspecified atom stereocenters. The molecule has 1 aliphatic rings. The van der Waals surface area contributed by atoms with Gasteiger partial charge in [-0.1, -0.05) is 10.8 Å². The summed E-state index contributed by atoms with van der Waals surface area (Å²) in [4.78, 5) is 0. The summed E-state index contributed by atoms with van der Waals surface area (Å²) >= 11 is 0. The van der Waals surface area contributed by atoms with Crippen LogP contribution in [0.3, 0.4) is 0 Å². The third-order valence-corrected chi connectivity index (χ3v) is 2.01. The number of rotatable bonds is 0. The van der Waals surface area contributed by atoms with Crippen molar-refractivity contribution in [3.63, 3.8) is 0 Å². The average Bonchev–Trinajstić information content (AvgIpc) is 1.86. The van der Waals surface area contributed by atoms with Crippen molar-refractivity contribution in [2.75, 3.05) is 12.4 Å². The van der Waals surface area contributed by atoms with E-state index in [9.17, 15) is 0 Å². The van der Waals surface area contributed by atoms with Crippen LogP contribution in [0.25, 0.3) is 0 Å². The van der Waals surface area contributed by atoms with Crippen molar-refractivity contribution in [3.8, 4) is 0 Å². The van der Waals surface area contributed by atoms with Gasteiger partial charge in [0, 0.05) is 5.75 Å². The number of hydrogen-bond acceptors (Lipinski definition) is 1. The Kier molecular flexibility index (Phi) is 1.27. The minimum absolute atomic E-state index is 0.0772. The highest BCUT2D eigenvalue weighted by molar-refractivity contribution is 8.10. The average molecular weight is 104 g/mol. The van der Waals surface area contributed by atoms with Crippen molar-refractivity contribution in [2.45, 2.75) is 6.42 Å². The lowest BCUT2D eigenvalue weighted by Gasteiger charge is -1.86. The topological polar surface area (TPSA) is 9.23 Å². The molecule has 1 atom stereocenters. The van der Waals surface area contributed by atoms with Crippen molar-refractivity contribution in [2.24, 2.45) is 0 Å². The predicted molar refractivity (Wildman–Crippen MR) is 30.1 cm³/mol. The van der Waals surface area contributed by atoms with Gasteiger partial charge >= 0.3 is 0 Å². The molecular weight excluding hydrogens is 96.1 g/mol. The lowest BCUT2D eigenvalue weighted by Crippen LogP contribution is -1.69. The van der Waals surface area contributed by atoms with Crippen LogP contribution in [0.5, 0.6) is 0 Å². The molecule has 0 aliphatic carbocycles. The molecule has 0 bridgehead atoms. The zero-order valence-corrected chi connectivity index (χ0v) is 4.46. The van der Waals surface area contributed by atoms with Crippen molar-refractivity contribution >= 4 is 16.6 Å². The molecule has 2 heteroatoms. The first-order valence-corrected chi connectivity index (χ1v) is 3.52. The molecular formula is C4H8OS. The Hall–Kier alpha value is 0.180. The van der Waals surface area contributed by atoms with Crippen molar-refractivity contribution in [1.29, 1.82) is 0 Å². The SMILES string of the molecule is C=S1CCCO1. The first kappa shape index (κ1) is 4.34. The summed E-state index contributed by atoms with van der Waals surface area (Å²) in [7, 11) is 0.0772. The number of hydrogen-bond donors (Lipinski definition) is 0. The Bertz CT molecular complexity index is 61.9. The second-order valence-corrected chi connectivity index (χ2v) is 2.84. The standard InChI is InChI=1S/C4H8OS/c1-6-4-2-3-5-6/h1-4H2. The zero-order chi connectivity index (χ0) is 4.41. The summed E-state index contributed by atoms with van der Waals surface area (Å²) in [6, 6.07) is 0. The molecule has 0 aromatic heterocycles. The van der Waals surface area contributed by atoms with Crippen LogP contribution in [0.1, 0.15) is 6.42 Å². The second kappa shape index (κ2) is 1.76. The molecule has 1 rings (SSSR count). The second-order valence-electron chi connectivity index (χ2n) is 1.32. The molecule has 0 N–H and O–H groups in total. The first-order chi connectivity index (χ1) is 2.89. The first-order valence-electron chi connectivity index (χ1n) is 2.03. The van der Waals surface area contributed by atoms with E-state index in [1.54, 1.807) is 0 Å². The van der Waals surface area contributed by atoms with E-state index in [4.69, 9.17) is 4.18 Å². The fraction of sp³-hybridized carbons (Fsp3) is 0.750. The van der Waals surface area contributed by atoms with E-state index < -0.39 is 0 Å². The van der Waals surface area contributed by atoms with Gasteiger partial charge in [-0.3, -0.25) is 0 Å². The molecule has 1 fully saturated rings. The molecule has 1 heterocycles. The minimum atomic E-state index is 0.0772. The maximum atomic E-state index is 5.07. The highest BCUT2D eigenvalue weighted by atomic mass is 32.2. The van der Waals surface area contributed by atoms with Crippen LogP contribution in [-0.2, 0) is 4.18 Å². The largest absolute Gasteiger partial charge is 0.323 e. The van der Waals surface area contributed by atoms with Crippen LogP contribution < -0.4 is 0 Å². The van der Waals surface area contributed by atoms with E-state index >= 15 is 0 Å². The molecule has 1 nitrogen and oxygen atoms in total. The van der Waals surface area contributed by atoms with Crippen LogP contribution in [0.4, 0.5) is 0 Å². The molecule has 0 amide bonds. The summed E-state index contributed by atoms with van der Waals surface area (Å²) in [5.41, 5.74) is 0. The smallest absolute Gasteiger partial charge is 0.0615 e. The van der Waals surface area contributed by atoms with Crippen LogP contribution >= 0.6 is 10.8 Å².